The van der Waals surface area contributed by atoms with E-state index in [1.807, 2.05) is 16.8 Å². The van der Waals surface area contributed by atoms with E-state index in [2.05, 4.69) is 10.1 Å². The van der Waals surface area contributed by atoms with Gasteiger partial charge in [-0.05, 0) is 18.6 Å². The fraction of sp³-hybridized carbons (Fsp3) is 0.455. The molecule has 0 fully saturated rings. The predicted octanol–water partition coefficient (Wildman–Crippen LogP) is 0.735. The third-order valence-electron chi connectivity index (χ3n) is 2.85. The van der Waals surface area contributed by atoms with Gasteiger partial charge in [0.1, 0.15) is 11.6 Å². The molecule has 0 aliphatic carbocycles. The minimum absolute atomic E-state index is 0.214. The molecule has 84 valence electrons. The van der Waals surface area contributed by atoms with Gasteiger partial charge in [-0.2, -0.15) is 5.10 Å². The van der Waals surface area contributed by atoms with Gasteiger partial charge in [0.15, 0.2) is 5.82 Å². The molecule has 0 aromatic carbocycles. The van der Waals surface area contributed by atoms with Crippen LogP contribution in [0.4, 0.5) is 0 Å². The van der Waals surface area contributed by atoms with E-state index < -0.39 is 0 Å². The zero-order valence-corrected chi connectivity index (χ0v) is 8.97. The number of rotatable bonds is 2. The summed E-state index contributed by atoms with van der Waals surface area (Å²) in [4.78, 5) is 4.50. The molecule has 1 aliphatic heterocycles. The molecule has 2 aromatic rings. The minimum atomic E-state index is 0.214. The van der Waals surface area contributed by atoms with E-state index in [4.69, 9.17) is 10.2 Å². The number of nitrogens with zero attached hydrogens (tertiary/aromatic N) is 3. The van der Waals surface area contributed by atoms with Crippen LogP contribution in [-0.4, -0.2) is 20.8 Å². The highest BCUT2D eigenvalue weighted by Gasteiger charge is 2.19. The second kappa shape index (κ2) is 3.75. The maximum atomic E-state index is 5.89. The Labute approximate surface area is 93.3 Å². The number of furan rings is 1. The third kappa shape index (κ3) is 1.74. The summed E-state index contributed by atoms with van der Waals surface area (Å²) in [5, 5.41) is 4.44. The largest absolute Gasteiger partial charge is 0.469 e. The normalized spacial score (nSPS) is 19.7. The molecule has 2 aromatic heterocycles. The summed E-state index contributed by atoms with van der Waals surface area (Å²) in [5.74, 6) is 2.76. The van der Waals surface area contributed by atoms with Crippen LogP contribution in [0.25, 0.3) is 0 Å². The van der Waals surface area contributed by atoms with E-state index in [9.17, 15) is 0 Å². The Hall–Kier alpha value is -1.62. The number of fused-ring (bicyclic) bond motifs is 1. The van der Waals surface area contributed by atoms with Crippen molar-refractivity contribution in [2.75, 3.05) is 0 Å². The lowest BCUT2D eigenvalue weighted by atomic mass is 10.1. The Bertz CT molecular complexity index is 474. The van der Waals surface area contributed by atoms with Crippen LogP contribution in [0.15, 0.2) is 22.8 Å². The molecule has 0 radical (unpaired) electrons. The van der Waals surface area contributed by atoms with Gasteiger partial charge >= 0.3 is 0 Å². The minimum Gasteiger partial charge on any atom is -0.469 e. The Morgan fingerprint density at radius 3 is 3.31 bits per heavy atom. The van der Waals surface area contributed by atoms with Crippen molar-refractivity contribution in [1.29, 1.82) is 0 Å². The lowest BCUT2D eigenvalue weighted by Crippen LogP contribution is -2.32. The van der Waals surface area contributed by atoms with Crippen molar-refractivity contribution in [2.24, 2.45) is 5.73 Å². The molecule has 3 heterocycles. The molecule has 0 amide bonds. The van der Waals surface area contributed by atoms with Gasteiger partial charge in [-0.3, -0.25) is 0 Å². The molecule has 0 saturated heterocycles. The van der Waals surface area contributed by atoms with E-state index in [0.717, 1.165) is 36.8 Å². The second-order valence-corrected chi connectivity index (χ2v) is 4.18. The first kappa shape index (κ1) is 9.59. The van der Waals surface area contributed by atoms with Crippen LogP contribution in [0.1, 0.15) is 23.8 Å². The molecule has 0 bridgehead atoms. The quantitative estimate of drug-likeness (QED) is 0.807. The summed E-state index contributed by atoms with van der Waals surface area (Å²) >= 11 is 0. The molecule has 1 unspecified atom stereocenters. The summed E-state index contributed by atoms with van der Waals surface area (Å²) < 4.78 is 7.20. The molecular formula is C11H14N4O. The van der Waals surface area contributed by atoms with Crippen molar-refractivity contribution in [1.82, 2.24) is 14.8 Å². The molecule has 1 atom stereocenters. The van der Waals surface area contributed by atoms with Gasteiger partial charge in [-0.1, -0.05) is 0 Å². The van der Waals surface area contributed by atoms with Crippen LogP contribution < -0.4 is 5.73 Å². The van der Waals surface area contributed by atoms with Crippen LogP contribution in [0, 0.1) is 0 Å². The number of nitrogens with two attached hydrogens (primary N) is 1. The highest BCUT2D eigenvalue weighted by Crippen LogP contribution is 2.13. The zero-order chi connectivity index (χ0) is 11.0. The van der Waals surface area contributed by atoms with Crippen molar-refractivity contribution in [3.05, 3.63) is 35.8 Å². The van der Waals surface area contributed by atoms with Crippen LogP contribution in [0.5, 0.6) is 0 Å². The highest BCUT2D eigenvalue weighted by molar-refractivity contribution is 5.07. The van der Waals surface area contributed by atoms with Crippen molar-refractivity contribution in [3.63, 3.8) is 0 Å². The maximum absolute atomic E-state index is 5.89. The topological polar surface area (TPSA) is 69.9 Å². The summed E-state index contributed by atoms with van der Waals surface area (Å²) in [6.07, 6.45) is 4.24. The Balaban J connectivity index is 1.82. The van der Waals surface area contributed by atoms with Crippen LogP contribution in [0.2, 0.25) is 0 Å². The van der Waals surface area contributed by atoms with E-state index in [1.165, 1.54) is 0 Å². The van der Waals surface area contributed by atoms with E-state index >= 15 is 0 Å². The fourth-order valence-electron chi connectivity index (χ4n) is 2.03. The lowest BCUT2D eigenvalue weighted by molar-refractivity contribution is 0.420. The maximum Gasteiger partial charge on any atom is 0.158 e. The highest BCUT2D eigenvalue weighted by atomic mass is 16.3. The first-order valence-corrected chi connectivity index (χ1v) is 5.52. The van der Waals surface area contributed by atoms with Gasteiger partial charge < -0.3 is 10.2 Å². The summed E-state index contributed by atoms with van der Waals surface area (Å²) in [6.45, 7) is 0.778. The third-order valence-corrected chi connectivity index (χ3v) is 2.85. The first-order chi connectivity index (χ1) is 7.81. The fourth-order valence-corrected chi connectivity index (χ4v) is 2.03. The van der Waals surface area contributed by atoms with Crippen LogP contribution >= 0.6 is 0 Å². The molecule has 0 spiro atoms. The molecule has 5 nitrogen and oxygen atoms in total. The molecular weight excluding hydrogens is 204 g/mol. The number of hydrogen-bond donors (Lipinski definition) is 1. The Morgan fingerprint density at radius 1 is 1.56 bits per heavy atom. The van der Waals surface area contributed by atoms with E-state index in [-0.39, 0.29) is 6.04 Å². The molecule has 5 heteroatoms. The van der Waals surface area contributed by atoms with Crippen molar-refractivity contribution in [2.45, 2.75) is 31.8 Å². The van der Waals surface area contributed by atoms with Gasteiger partial charge in [0, 0.05) is 12.5 Å². The lowest BCUT2D eigenvalue weighted by Gasteiger charge is -2.17. The summed E-state index contributed by atoms with van der Waals surface area (Å²) in [7, 11) is 0. The average Bonchev–Trinajstić information content (AvgIpc) is 2.86. The SMILES string of the molecule is NC1CCc2nc(Cc3ccco3)nn2C1. The summed E-state index contributed by atoms with van der Waals surface area (Å²) in [5.41, 5.74) is 5.89. The Morgan fingerprint density at radius 2 is 2.50 bits per heavy atom. The van der Waals surface area contributed by atoms with Gasteiger partial charge in [-0.15, -0.1) is 0 Å². The molecule has 0 saturated carbocycles. The molecule has 3 rings (SSSR count). The van der Waals surface area contributed by atoms with Crippen LogP contribution in [-0.2, 0) is 19.4 Å². The van der Waals surface area contributed by atoms with Crippen molar-refractivity contribution >= 4 is 0 Å². The standard InChI is InChI=1S/C11H14N4O/c12-8-3-4-11-13-10(14-15(11)7-8)6-9-2-1-5-16-9/h1-2,5,8H,3-4,6-7,12H2. The van der Waals surface area contributed by atoms with E-state index in [1.54, 1.807) is 6.26 Å². The monoisotopic (exact) mass is 218 g/mol. The average molecular weight is 218 g/mol. The van der Waals surface area contributed by atoms with Gasteiger partial charge in [-0.25, -0.2) is 9.67 Å². The number of aryl methyl sites for hydroxylation is 1. The molecule has 2 N–H and O–H groups in total. The Kier molecular flexibility index (Phi) is 2.25. The molecule has 1 aliphatic rings. The number of aromatic nitrogens is 3. The van der Waals surface area contributed by atoms with Gasteiger partial charge in [0.25, 0.3) is 0 Å². The van der Waals surface area contributed by atoms with Crippen LogP contribution in [0.3, 0.4) is 0 Å². The second-order valence-electron chi connectivity index (χ2n) is 4.18. The van der Waals surface area contributed by atoms with Crippen molar-refractivity contribution in [3.8, 4) is 0 Å². The van der Waals surface area contributed by atoms with Gasteiger partial charge in [0.2, 0.25) is 0 Å². The molecule has 16 heavy (non-hydrogen) atoms. The summed E-state index contributed by atoms with van der Waals surface area (Å²) in [6, 6.07) is 4.03. The smallest absolute Gasteiger partial charge is 0.158 e. The zero-order valence-electron chi connectivity index (χ0n) is 8.97. The first-order valence-electron chi connectivity index (χ1n) is 5.52. The number of hydrogen-bond acceptors (Lipinski definition) is 4. The van der Waals surface area contributed by atoms with Crippen molar-refractivity contribution < 1.29 is 4.42 Å². The predicted molar refractivity (Wildman–Crippen MR) is 57.8 cm³/mol. The van der Waals surface area contributed by atoms with E-state index in [0.29, 0.717) is 6.42 Å². The van der Waals surface area contributed by atoms with Gasteiger partial charge in [0.05, 0.1) is 19.2 Å².